The van der Waals surface area contributed by atoms with Gasteiger partial charge in [-0.3, -0.25) is 9.00 Å². The first kappa shape index (κ1) is 36.1. The first-order valence-corrected chi connectivity index (χ1v) is 18.9. The number of carbonyl (C=O) groups excluding carboxylic acids is 1. The molecule has 1 atom stereocenters. The number of nitrogens with zero attached hydrogens (tertiary/aromatic N) is 3. The van der Waals surface area contributed by atoms with Gasteiger partial charge in [-0.1, -0.05) is 45.9 Å². The number of fused-ring (bicyclic) bond motifs is 1. The number of hydrogen-bond donors (Lipinski definition) is 1. The number of benzene rings is 3. The van der Waals surface area contributed by atoms with Gasteiger partial charge >= 0.3 is 0 Å². The second-order valence-corrected chi connectivity index (χ2v) is 14.4. The van der Waals surface area contributed by atoms with Crippen LogP contribution in [0.15, 0.2) is 89.7 Å². The molecule has 8 nitrogen and oxygen atoms in total. The summed E-state index contributed by atoms with van der Waals surface area (Å²) in [5, 5.41) is 3.10. The van der Waals surface area contributed by atoms with Crippen LogP contribution in [-0.2, 0) is 32.6 Å². The van der Waals surface area contributed by atoms with Gasteiger partial charge in [-0.25, -0.2) is 4.98 Å². The molecular weight excluding hydrogens is 633 g/mol. The maximum atomic E-state index is 13.7. The predicted molar refractivity (Wildman–Crippen MR) is 200 cm³/mol. The van der Waals surface area contributed by atoms with Gasteiger partial charge in [0.1, 0.15) is 12.4 Å². The summed E-state index contributed by atoms with van der Waals surface area (Å²) < 4.78 is 26.5. The van der Waals surface area contributed by atoms with E-state index in [1.165, 1.54) is 0 Å². The van der Waals surface area contributed by atoms with Gasteiger partial charge in [0.05, 0.1) is 35.2 Å². The highest BCUT2D eigenvalue weighted by Gasteiger charge is 2.20. The van der Waals surface area contributed by atoms with Crippen molar-refractivity contribution in [3.05, 3.63) is 96.1 Å². The van der Waals surface area contributed by atoms with Crippen LogP contribution < -0.4 is 15.0 Å². The Hall–Kier alpha value is -4.21. The molecule has 2 heterocycles. The van der Waals surface area contributed by atoms with E-state index in [9.17, 15) is 9.00 Å². The standard InChI is InChI=1S/C40H50N4O4S/c1-5-19-44-29-41-26-36(44)28-49(46)38-16-12-35(13-17-38)42-40(45)33-8-7-20-43(27-30(3)4)39-18-11-32(24-34(39)25-33)31-9-14-37(15-10-31)48-23-22-47-21-6-2/h9-18,24-26,29-30H,5-8,19-23,27-28H2,1-4H3,(H,42,45)/t49-/m0/s1. The number of nitrogens with one attached hydrogen (secondary N) is 1. The lowest BCUT2D eigenvalue weighted by Crippen LogP contribution is -2.30. The Bertz CT molecular complexity index is 1710. The van der Waals surface area contributed by atoms with Gasteiger partial charge in [0, 0.05) is 54.3 Å². The number of amides is 1. The minimum Gasteiger partial charge on any atom is -0.491 e. The fourth-order valence-corrected chi connectivity index (χ4v) is 7.14. The van der Waals surface area contributed by atoms with Crippen molar-refractivity contribution in [2.24, 2.45) is 5.92 Å². The zero-order valence-electron chi connectivity index (χ0n) is 29.3. The largest absolute Gasteiger partial charge is 0.491 e. The Labute approximate surface area is 294 Å². The average molecular weight is 683 g/mol. The predicted octanol–water partition coefficient (Wildman–Crippen LogP) is 8.35. The van der Waals surface area contributed by atoms with Crippen molar-refractivity contribution in [1.29, 1.82) is 0 Å². The van der Waals surface area contributed by atoms with Crippen LogP contribution in [0.2, 0.25) is 0 Å². The summed E-state index contributed by atoms with van der Waals surface area (Å²) in [5.74, 6) is 1.61. The number of hydrogen-bond acceptors (Lipinski definition) is 6. The quantitative estimate of drug-likeness (QED) is 0.120. The van der Waals surface area contributed by atoms with Crippen LogP contribution >= 0.6 is 0 Å². The lowest BCUT2D eigenvalue weighted by Gasteiger charge is -2.30. The first-order valence-electron chi connectivity index (χ1n) is 17.5. The molecule has 0 unspecified atom stereocenters. The van der Waals surface area contributed by atoms with E-state index in [2.05, 4.69) is 83.9 Å². The van der Waals surface area contributed by atoms with Crippen LogP contribution in [0.1, 0.15) is 64.6 Å². The van der Waals surface area contributed by atoms with Gasteiger partial charge in [0.15, 0.2) is 0 Å². The number of anilines is 2. The molecule has 5 rings (SSSR count). The minimum atomic E-state index is -1.21. The highest BCUT2D eigenvalue weighted by Crippen LogP contribution is 2.33. The molecule has 0 saturated heterocycles. The summed E-state index contributed by atoms with van der Waals surface area (Å²) >= 11 is 0. The zero-order valence-corrected chi connectivity index (χ0v) is 30.1. The van der Waals surface area contributed by atoms with Crippen LogP contribution in [0.3, 0.4) is 0 Å². The summed E-state index contributed by atoms with van der Waals surface area (Å²) in [6, 6.07) is 22.0. The molecule has 0 saturated carbocycles. The van der Waals surface area contributed by atoms with Crippen molar-refractivity contribution in [2.45, 2.75) is 70.6 Å². The molecule has 0 radical (unpaired) electrons. The van der Waals surface area contributed by atoms with Crippen molar-refractivity contribution in [1.82, 2.24) is 9.55 Å². The maximum absolute atomic E-state index is 13.7. The fraction of sp³-hybridized carbons (Fsp3) is 0.400. The monoisotopic (exact) mass is 682 g/mol. The number of aryl methyl sites for hydroxylation is 1. The molecular formula is C40H50N4O4S. The average Bonchev–Trinajstić information content (AvgIpc) is 3.53. The molecule has 0 spiro atoms. The van der Waals surface area contributed by atoms with Crippen LogP contribution in [-0.4, -0.2) is 52.6 Å². The normalized spacial score (nSPS) is 13.7. The van der Waals surface area contributed by atoms with E-state index in [-0.39, 0.29) is 5.91 Å². The molecule has 4 aromatic rings. The second-order valence-electron chi connectivity index (χ2n) is 12.9. The van der Waals surface area contributed by atoms with E-state index in [0.29, 0.717) is 37.0 Å². The zero-order chi connectivity index (χ0) is 34.6. The lowest BCUT2D eigenvalue weighted by molar-refractivity contribution is -0.112. The van der Waals surface area contributed by atoms with Gasteiger partial charge in [-0.15, -0.1) is 0 Å². The number of imidazole rings is 1. The van der Waals surface area contributed by atoms with Gasteiger partial charge in [0.25, 0.3) is 5.91 Å². The van der Waals surface area contributed by atoms with E-state index in [0.717, 1.165) is 89.8 Å². The van der Waals surface area contributed by atoms with Gasteiger partial charge in [0.2, 0.25) is 0 Å². The Kier molecular flexibility index (Phi) is 13.2. The Balaban J connectivity index is 1.31. The van der Waals surface area contributed by atoms with Gasteiger partial charge in [-0.2, -0.15) is 0 Å². The van der Waals surface area contributed by atoms with E-state index < -0.39 is 10.8 Å². The molecule has 1 amide bonds. The molecule has 260 valence electrons. The van der Waals surface area contributed by atoms with Crippen LogP contribution in [0.25, 0.3) is 17.2 Å². The van der Waals surface area contributed by atoms with E-state index in [1.807, 2.05) is 36.4 Å². The van der Waals surface area contributed by atoms with E-state index in [1.54, 1.807) is 12.5 Å². The molecule has 3 aromatic carbocycles. The molecule has 1 N–H and O–H groups in total. The number of aromatic nitrogens is 2. The van der Waals surface area contributed by atoms with Gasteiger partial charge in [-0.05, 0) is 103 Å². The molecule has 1 aliphatic rings. The molecule has 1 aromatic heterocycles. The smallest absolute Gasteiger partial charge is 0.251 e. The molecule has 0 bridgehead atoms. The van der Waals surface area contributed by atoms with Crippen molar-refractivity contribution in [2.75, 3.05) is 43.1 Å². The molecule has 1 aliphatic heterocycles. The molecule has 49 heavy (non-hydrogen) atoms. The third kappa shape index (κ3) is 10.2. The van der Waals surface area contributed by atoms with Crippen molar-refractivity contribution < 1.29 is 18.5 Å². The Morgan fingerprint density at radius 2 is 1.73 bits per heavy atom. The van der Waals surface area contributed by atoms with Crippen molar-refractivity contribution in [3.8, 4) is 16.9 Å². The SMILES string of the molecule is CCCOCCOc1ccc(-c2ccc3c(c2)C=C(C(=O)Nc2ccc([S@@](=O)Cc4cncn4CCC)cc2)CCCN3CC(C)C)cc1. The van der Waals surface area contributed by atoms with E-state index in [4.69, 9.17) is 9.47 Å². The third-order valence-corrected chi connectivity index (χ3v) is 9.75. The summed E-state index contributed by atoms with van der Waals surface area (Å²) in [5.41, 5.74) is 6.72. The maximum Gasteiger partial charge on any atom is 0.251 e. The van der Waals surface area contributed by atoms with Crippen LogP contribution in [0.5, 0.6) is 5.75 Å². The third-order valence-electron chi connectivity index (χ3n) is 8.40. The summed E-state index contributed by atoms with van der Waals surface area (Å²) in [4.78, 5) is 21.1. The molecule has 0 fully saturated rings. The van der Waals surface area contributed by atoms with Gasteiger partial charge < -0.3 is 24.3 Å². The van der Waals surface area contributed by atoms with Crippen molar-refractivity contribution in [3.63, 3.8) is 0 Å². The number of rotatable bonds is 16. The van der Waals surface area contributed by atoms with Crippen molar-refractivity contribution >= 4 is 34.2 Å². The Morgan fingerprint density at radius 1 is 0.959 bits per heavy atom. The number of ether oxygens (including phenoxy) is 2. The van der Waals surface area contributed by atoms with Crippen LogP contribution in [0.4, 0.5) is 11.4 Å². The molecule has 9 heteroatoms. The summed E-state index contributed by atoms with van der Waals surface area (Å²) in [6.45, 7) is 13.2. The topological polar surface area (TPSA) is 85.7 Å². The number of carbonyl (C=O) groups is 1. The molecule has 0 aliphatic carbocycles. The van der Waals surface area contributed by atoms with Crippen LogP contribution in [0, 0.1) is 5.92 Å². The lowest BCUT2D eigenvalue weighted by atomic mass is 9.96. The fourth-order valence-electron chi connectivity index (χ4n) is 6.03. The summed E-state index contributed by atoms with van der Waals surface area (Å²) in [7, 11) is -1.21. The highest BCUT2D eigenvalue weighted by molar-refractivity contribution is 7.84. The minimum absolute atomic E-state index is 0.115. The summed E-state index contributed by atoms with van der Waals surface area (Å²) in [6.07, 6.45) is 9.17. The van der Waals surface area contributed by atoms with E-state index >= 15 is 0 Å². The Morgan fingerprint density at radius 3 is 2.47 bits per heavy atom. The first-order chi connectivity index (χ1) is 23.8. The highest BCUT2D eigenvalue weighted by atomic mass is 32.2. The second kappa shape index (κ2) is 18.0.